The molecule has 8 nitrogen and oxygen atoms in total. The van der Waals surface area contributed by atoms with Crippen LogP contribution in [0, 0.1) is 0 Å². The van der Waals surface area contributed by atoms with Crippen LogP contribution in [-0.4, -0.2) is 65.7 Å². The van der Waals surface area contributed by atoms with Crippen molar-refractivity contribution in [2.45, 2.75) is 18.7 Å². The van der Waals surface area contributed by atoms with Crippen molar-refractivity contribution in [3.05, 3.63) is 54.4 Å². The Morgan fingerprint density at radius 1 is 1.25 bits per heavy atom. The quantitative estimate of drug-likeness (QED) is 0.871. The number of fused-ring (bicyclic) bond motifs is 1. The van der Waals surface area contributed by atoms with Crippen LogP contribution in [0.15, 0.2) is 48.7 Å². The second-order valence-electron chi connectivity index (χ2n) is 6.79. The molecule has 1 aromatic carbocycles. The van der Waals surface area contributed by atoms with Crippen molar-refractivity contribution in [1.82, 2.24) is 14.8 Å². The first kappa shape index (κ1) is 18.2. The number of hydrogen-bond donors (Lipinski definition) is 1. The van der Waals surface area contributed by atoms with E-state index in [-0.39, 0.29) is 30.7 Å². The number of carbonyl (C=O) groups is 2. The van der Waals surface area contributed by atoms with Gasteiger partial charge in [-0.05, 0) is 24.3 Å². The summed E-state index contributed by atoms with van der Waals surface area (Å²) in [4.78, 5) is 32.9. The summed E-state index contributed by atoms with van der Waals surface area (Å²) < 4.78 is 11.0. The van der Waals surface area contributed by atoms with Crippen LogP contribution in [-0.2, 0) is 16.1 Å². The van der Waals surface area contributed by atoms with Gasteiger partial charge in [0.2, 0.25) is 5.91 Å². The molecule has 146 valence electrons. The van der Waals surface area contributed by atoms with Crippen LogP contribution in [0.25, 0.3) is 0 Å². The molecule has 0 unspecified atom stereocenters. The van der Waals surface area contributed by atoms with Crippen molar-refractivity contribution < 1.29 is 19.1 Å². The van der Waals surface area contributed by atoms with Crippen LogP contribution in [0.3, 0.4) is 0 Å². The Morgan fingerprint density at radius 2 is 2.07 bits per heavy atom. The molecule has 2 aromatic rings. The van der Waals surface area contributed by atoms with Crippen LogP contribution in [0.2, 0.25) is 0 Å². The lowest BCUT2D eigenvalue weighted by Gasteiger charge is -2.36. The summed E-state index contributed by atoms with van der Waals surface area (Å²) in [6.45, 7) is 1.27. The fourth-order valence-electron chi connectivity index (χ4n) is 3.65. The number of hydrogen-bond acceptors (Lipinski definition) is 5. The van der Waals surface area contributed by atoms with Gasteiger partial charge in [0.15, 0.2) is 0 Å². The third-order valence-electron chi connectivity index (χ3n) is 5.07. The largest absolute Gasteiger partial charge is 0.495 e. The highest BCUT2D eigenvalue weighted by molar-refractivity contribution is 5.91. The van der Waals surface area contributed by atoms with E-state index < -0.39 is 0 Å². The molecule has 2 aliphatic rings. The van der Waals surface area contributed by atoms with Gasteiger partial charge in [0.1, 0.15) is 12.4 Å². The number of likely N-dealkylation sites (tertiary alicyclic amines) is 1. The number of nitrogens with zero attached hydrogens (tertiary/aromatic N) is 3. The maximum absolute atomic E-state index is 12.8. The predicted molar refractivity (Wildman–Crippen MR) is 102 cm³/mol. The fraction of sp³-hybridized carbons (Fsp3) is 0.350. The Morgan fingerprint density at radius 3 is 2.86 bits per heavy atom. The summed E-state index contributed by atoms with van der Waals surface area (Å²) >= 11 is 0. The molecule has 28 heavy (non-hydrogen) atoms. The van der Waals surface area contributed by atoms with Gasteiger partial charge in [-0.2, -0.15) is 0 Å². The number of pyridine rings is 1. The molecular weight excluding hydrogens is 360 g/mol. The van der Waals surface area contributed by atoms with Crippen molar-refractivity contribution in [3.8, 4) is 5.75 Å². The van der Waals surface area contributed by atoms with E-state index in [2.05, 4.69) is 10.3 Å². The number of morpholine rings is 1. The Bertz CT molecular complexity index is 860. The van der Waals surface area contributed by atoms with E-state index in [1.807, 2.05) is 30.3 Å². The van der Waals surface area contributed by atoms with E-state index in [4.69, 9.17) is 9.47 Å². The van der Waals surface area contributed by atoms with Crippen LogP contribution < -0.4 is 10.1 Å². The van der Waals surface area contributed by atoms with Crippen LogP contribution in [0.5, 0.6) is 5.75 Å². The zero-order valence-electron chi connectivity index (χ0n) is 15.6. The van der Waals surface area contributed by atoms with Gasteiger partial charge in [-0.25, -0.2) is 4.79 Å². The number of carbonyl (C=O) groups excluding carboxylic acids is 2. The van der Waals surface area contributed by atoms with Crippen molar-refractivity contribution >= 4 is 17.6 Å². The van der Waals surface area contributed by atoms with E-state index in [1.54, 1.807) is 35.2 Å². The second-order valence-corrected chi connectivity index (χ2v) is 6.79. The molecule has 0 aliphatic carbocycles. The molecule has 0 spiro atoms. The molecule has 0 saturated carbocycles. The van der Waals surface area contributed by atoms with Gasteiger partial charge in [-0.3, -0.25) is 9.78 Å². The topological polar surface area (TPSA) is 84.0 Å². The number of benzene rings is 1. The first-order chi connectivity index (χ1) is 13.7. The highest BCUT2D eigenvalue weighted by Crippen LogP contribution is 2.27. The Kier molecular flexibility index (Phi) is 5.12. The normalized spacial score (nSPS) is 21.4. The molecule has 1 N–H and O–H groups in total. The Labute approximate surface area is 163 Å². The van der Waals surface area contributed by atoms with Gasteiger partial charge in [0.05, 0.1) is 43.7 Å². The van der Waals surface area contributed by atoms with E-state index in [9.17, 15) is 9.59 Å². The number of amides is 3. The molecule has 4 rings (SSSR count). The molecule has 2 saturated heterocycles. The van der Waals surface area contributed by atoms with Gasteiger partial charge < -0.3 is 24.6 Å². The molecule has 8 heteroatoms. The number of methoxy groups -OCH3 is 1. The molecule has 3 heterocycles. The molecule has 0 radical (unpaired) electrons. The van der Waals surface area contributed by atoms with Crippen molar-refractivity contribution in [2.75, 3.05) is 32.1 Å². The minimum Gasteiger partial charge on any atom is -0.495 e. The monoisotopic (exact) mass is 382 g/mol. The van der Waals surface area contributed by atoms with Crippen LogP contribution in [0.4, 0.5) is 10.5 Å². The number of urea groups is 1. The molecular formula is C20H22N4O4. The second kappa shape index (κ2) is 7.85. The number of anilines is 1. The summed E-state index contributed by atoms with van der Waals surface area (Å²) in [5.41, 5.74) is 1.42. The number of rotatable bonds is 4. The summed E-state index contributed by atoms with van der Waals surface area (Å²) in [7, 11) is 1.56. The minimum absolute atomic E-state index is 0.0238. The minimum atomic E-state index is -0.243. The first-order valence-electron chi connectivity index (χ1n) is 9.15. The number of ether oxygens (including phenoxy) is 2. The van der Waals surface area contributed by atoms with Gasteiger partial charge in [-0.15, -0.1) is 0 Å². The maximum atomic E-state index is 12.8. The highest BCUT2D eigenvalue weighted by Gasteiger charge is 2.44. The lowest BCUT2D eigenvalue weighted by atomic mass is 10.1. The Hall–Kier alpha value is -3.13. The number of aromatic nitrogens is 1. The smallest absolute Gasteiger partial charge is 0.322 e. The van der Waals surface area contributed by atoms with Crippen molar-refractivity contribution in [3.63, 3.8) is 0 Å². The average Bonchev–Trinajstić information content (AvgIpc) is 3.16. The van der Waals surface area contributed by atoms with E-state index in [0.717, 1.165) is 5.69 Å². The lowest BCUT2D eigenvalue weighted by Crippen LogP contribution is -2.53. The predicted octanol–water partition coefficient (Wildman–Crippen LogP) is 1.73. The van der Waals surface area contributed by atoms with E-state index in [0.29, 0.717) is 31.1 Å². The number of nitrogens with one attached hydrogen (secondary N) is 1. The fourth-order valence-corrected chi connectivity index (χ4v) is 3.65. The van der Waals surface area contributed by atoms with Gasteiger partial charge >= 0.3 is 6.03 Å². The molecule has 2 fully saturated rings. The molecule has 2 atom stereocenters. The van der Waals surface area contributed by atoms with Gasteiger partial charge in [-0.1, -0.05) is 18.2 Å². The Balaban J connectivity index is 1.46. The maximum Gasteiger partial charge on any atom is 0.322 e. The number of para-hydroxylation sites is 2. The molecule has 0 bridgehead atoms. The van der Waals surface area contributed by atoms with Gasteiger partial charge in [0, 0.05) is 12.7 Å². The molecule has 1 aromatic heterocycles. The van der Waals surface area contributed by atoms with Crippen LogP contribution >= 0.6 is 0 Å². The van der Waals surface area contributed by atoms with E-state index in [1.165, 1.54) is 0 Å². The summed E-state index contributed by atoms with van der Waals surface area (Å²) in [5.74, 6) is 0.509. The van der Waals surface area contributed by atoms with Crippen molar-refractivity contribution in [2.24, 2.45) is 0 Å². The zero-order valence-corrected chi connectivity index (χ0v) is 15.6. The lowest BCUT2D eigenvalue weighted by molar-refractivity contribution is -0.154. The standard InChI is InChI=1S/C20H22N4O4/c1-27-17-8-3-2-7-15(17)22-20(26)23-11-16-18(12-23)28-13-19(25)24(16)10-14-6-4-5-9-21-14/h2-9,16,18H,10-13H2,1H3,(H,22,26)/t16-,18+/m1/s1. The summed E-state index contributed by atoms with van der Waals surface area (Å²) in [6, 6.07) is 12.4. The van der Waals surface area contributed by atoms with E-state index >= 15 is 0 Å². The average molecular weight is 382 g/mol. The SMILES string of the molecule is COc1ccccc1NC(=O)N1C[C@@H]2OCC(=O)N(Cc3ccccn3)[C@@H]2C1. The first-order valence-corrected chi connectivity index (χ1v) is 9.15. The van der Waals surface area contributed by atoms with Crippen molar-refractivity contribution in [1.29, 1.82) is 0 Å². The summed E-state index contributed by atoms with van der Waals surface area (Å²) in [6.07, 6.45) is 1.50. The van der Waals surface area contributed by atoms with Gasteiger partial charge in [0.25, 0.3) is 0 Å². The summed E-state index contributed by atoms with van der Waals surface area (Å²) in [5, 5.41) is 2.88. The molecule has 3 amide bonds. The molecule has 2 aliphatic heterocycles. The third kappa shape index (κ3) is 3.63. The zero-order chi connectivity index (χ0) is 19.5. The van der Waals surface area contributed by atoms with Crippen LogP contribution in [0.1, 0.15) is 5.69 Å². The third-order valence-corrected chi connectivity index (χ3v) is 5.07. The highest BCUT2D eigenvalue weighted by atomic mass is 16.5.